The van der Waals surface area contributed by atoms with E-state index in [-0.39, 0.29) is 0 Å². The second kappa shape index (κ2) is 2.90. The van der Waals surface area contributed by atoms with E-state index >= 15 is 0 Å². The number of aromatic nitrogens is 3. The minimum absolute atomic E-state index is 0.676. The molecule has 0 radical (unpaired) electrons. The van der Waals surface area contributed by atoms with Crippen LogP contribution in [0.1, 0.15) is 0 Å². The molecule has 0 aliphatic carbocycles. The van der Waals surface area contributed by atoms with Crippen LogP contribution in [0.15, 0.2) is 30.7 Å². The molecule has 66 valence electrons. The summed E-state index contributed by atoms with van der Waals surface area (Å²) in [6, 6.07) is 3.80. The van der Waals surface area contributed by atoms with Gasteiger partial charge in [0.05, 0.1) is 5.69 Å². The Kier molecular flexibility index (Phi) is 1.73. The molecule has 2 aromatic rings. The average molecular weight is 174 g/mol. The van der Waals surface area contributed by atoms with E-state index in [1.165, 1.54) is 0 Å². The van der Waals surface area contributed by atoms with Crippen LogP contribution < -0.4 is 5.73 Å². The lowest BCUT2D eigenvalue weighted by atomic mass is 10.2. The highest BCUT2D eigenvalue weighted by molar-refractivity contribution is 5.70. The molecule has 0 bridgehead atoms. The number of pyridine rings is 1. The summed E-state index contributed by atoms with van der Waals surface area (Å²) in [7, 11) is 1.84. The Morgan fingerprint density at radius 1 is 1.46 bits per heavy atom. The highest BCUT2D eigenvalue weighted by atomic mass is 15.3. The molecule has 0 saturated heterocycles. The molecule has 2 heterocycles. The van der Waals surface area contributed by atoms with E-state index in [1.54, 1.807) is 23.3 Å². The summed E-state index contributed by atoms with van der Waals surface area (Å²) in [5.74, 6) is 0. The lowest BCUT2D eigenvalue weighted by Crippen LogP contribution is -1.88. The number of hydrogen-bond donors (Lipinski definition) is 1. The first-order valence-corrected chi connectivity index (χ1v) is 3.97. The number of nitrogens with two attached hydrogens (primary N) is 1. The Hall–Kier alpha value is -1.84. The van der Waals surface area contributed by atoms with Gasteiger partial charge < -0.3 is 5.73 Å². The fourth-order valence-corrected chi connectivity index (χ4v) is 1.23. The lowest BCUT2D eigenvalue weighted by molar-refractivity contribution is 0.771. The van der Waals surface area contributed by atoms with Crippen molar-refractivity contribution in [1.29, 1.82) is 0 Å². The zero-order valence-corrected chi connectivity index (χ0v) is 7.31. The maximum atomic E-state index is 5.76. The van der Waals surface area contributed by atoms with Gasteiger partial charge in [0.15, 0.2) is 0 Å². The predicted octanol–water partition coefficient (Wildman–Crippen LogP) is 1.06. The normalized spacial score (nSPS) is 10.2. The first-order valence-electron chi connectivity index (χ1n) is 3.97. The van der Waals surface area contributed by atoms with Crippen LogP contribution in [-0.2, 0) is 7.05 Å². The van der Waals surface area contributed by atoms with Crippen LogP contribution in [0.2, 0.25) is 0 Å². The standard InChI is InChI=1S/C9H10N4/c1-13-6-8(10)9(12-13)7-3-2-4-11-5-7/h2-6H,10H2,1H3. The highest BCUT2D eigenvalue weighted by Gasteiger charge is 2.05. The molecule has 2 aromatic heterocycles. The van der Waals surface area contributed by atoms with Crippen LogP contribution in [-0.4, -0.2) is 14.8 Å². The summed E-state index contributed by atoms with van der Waals surface area (Å²) < 4.78 is 1.69. The first-order chi connectivity index (χ1) is 6.27. The Morgan fingerprint density at radius 2 is 2.31 bits per heavy atom. The quantitative estimate of drug-likeness (QED) is 0.703. The Labute approximate surface area is 76.0 Å². The van der Waals surface area contributed by atoms with Crippen LogP contribution in [0, 0.1) is 0 Å². The molecular weight excluding hydrogens is 164 g/mol. The monoisotopic (exact) mass is 174 g/mol. The van der Waals surface area contributed by atoms with Gasteiger partial charge in [-0.05, 0) is 12.1 Å². The van der Waals surface area contributed by atoms with E-state index in [9.17, 15) is 0 Å². The summed E-state index contributed by atoms with van der Waals surface area (Å²) in [5.41, 5.74) is 8.17. The van der Waals surface area contributed by atoms with Crippen molar-refractivity contribution in [2.75, 3.05) is 5.73 Å². The van der Waals surface area contributed by atoms with Gasteiger partial charge in [0.25, 0.3) is 0 Å². The number of nitrogen functional groups attached to an aromatic ring is 1. The van der Waals surface area contributed by atoms with Gasteiger partial charge in [-0.15, -0.1) is 0 Å². The van der Waals surface area contributed by atoms with Gasteiger partial charge in [0, 0.05) is 31.2 Å². The maximum Gasteiger partial charge on any atom is 0.117 e. The molecular formula is C9H10N4. The molecule has 13 heavy (non-hydrogen) atoms. The van der Waals surface area contributed by atoms with Gasteiger partial charge >= 0.3 is 0 Å². The van der Waals surface area contributed by atoms with Crippen LogP contribution in [0.5, 0.6) is 0 Å². The SMILES string of the molecule is Cn1cc(N)c(-c2cccnc2)n1. The number of aryl methyl sites for hydroxylation is 1. The third-order valence-electron chi connectivity index (χ3n) is 1.79. The fraction of sp³-hybridized carbons (Fsp3) is 0.111. The van der Waals surface area contributed by atoms with E-state index in [0.29, 0.717) is 5.69 Å². The molecule has 0 aliphatic rings. The van der Waals surface area contributed by atoms with Gasteiger partial charge in [0.1, 0.15) is 5.69 Å². The van der Waals surface area contributed by atoms with E-state index in [4.69, 9.17) is 5.73 Å². The lowest BCUT2D eigenvalue weighted by Gasteiger charge is -1.95. The maximum absolute atomic E-state index is 5.76. The molecule has 0 amide bonds. The molecule has 2 N–H and O–H groups in total. The zero-order valence-electron chi connectivity index (χ0n) is 7.31. The van der Waals surface area contributed by atoms with Crippen LogP contribution >= 0.6 is 0 Å². The van der Waals surface area contributed by atoms with E-state index in [0.717, 1.165) is 11.3 Å². The van der Waals surface area contributed by atoms with Gasteiger partial charge in [-0.2, -0.15) is 5.10 Å². The minimum atomic E-state index is 0.676. The summed E-state index contributed by atoms with van der Waals surface area (Å²) in [6.45, 7) is 0. The summed E-state index contributed by atoms with van der Waals surface area (Å²) in [6.07, 6.45) is 5.25. The summed E-state index contributed by atoms with van der Waals surface area (Å²) in [4.78, 5) is 4.01. The zero-order chi connectivity index (χ0) is 9.26. The average Bonchev–Trinajstić information content (AvgIpc) is 2.47. The van der Waals surface area contributed by atoms with Crippen LogP contribution in [0.3, 0.4) is 0 Å². The molecule has 4 heteroatoms. The predicted molar refractivity (Wildman–Crippen MR) is 50.9 cm³/mol. The van der Waals surface area contributed by atoms with Crippen molar-refractivity contribution in [1.82, 2.24) is 14.8 Å². The highest BCUT2D eigenvalue weighted by Crippen LogP contribution is 2.21. The number of rotatable bonds is 1. The summed E-state index contributed by atoms with van der Waals surface area (Å²) in [5, 5.41) is 4.23. The Morgan fingerprint density at radius 3 is 2.85 bits per heavy atom. The molecule has 0 aliphatic heterocycles. The van der Waals surface area contributed by atoms with Crippen molar-refractivity contribution in [3.63, 3.8) is 0 Å². The molecule has 0 aromatic carbocycles. The van der Waals surface area contributed by atoms with E-state index < -0.39 is 0 Å². The Bertz CT molecular complexity index is 405. The van der Waals surface area contributed by atoms with Crippen molar-refractivity contribution in [3.05, 3.63) is 30.7 Å². The first kappa shape index (κ1) is 7.79. The molecule has 0 spiro atoms. The van der Waals surface area contributed by atoms with Crippen molar-refractivity contribution in [3.8, 4) is 11.3 Å². The van der Waals surface area contributed by atoms with Gasteiger partial charge in [0.2, 0.25) is 0 Å². The topological polar surface area (TPSA) is 56.7 Å². The van der Waals surface area contributed by atoms with E-state index in [2.05, 4.69) is 10.1 Å². The largest absolute Gasteiger partial charge is 0.396 e. The van der Waals surface area contributed by atoms with Gasteiger partial charge in [-0.25, -0.2) is 0 Å². The molecule has 0 saturated carbocycles. The van der Waals surface area contributed by atoms with Crippen LogP contribution in [0.4, 0.5) is 5.69 Å². The smallest absolute Gasteiger partial charge is 0.117 e. The number of nitrogens with zero attached hydrogens (tertiary/aromatic N) is 3. The molecule has 0 unspecified atom stereocenters. The fourth-order valence-electron chi connectivity index (χ4n) is 1.23. The van der Waals surface area contributed by atoms with Crippen molar-refractivity contribution >= 4 is 5.69 Å². The minimum Gasteiger partial charge on any atom is -0.396 e. The third-order valence-corrected chi connectivity index (χ3v) is 1.79. The van der Waals surface area contributed by atoms with Crippen molar-refractivity contribution in [2.24, 2.45) is 7.05 Å². The second-order valence-electron chi connectivity index (χ2n) is 2.85. The van der Waals surface area contributed by atoms with Gasteiger partial charge in [-0.1, -0.05) is 0 Å². The Balaban J connectivity index is 2.53. The number of hydrogen-bond acceptors (Lipinski definition) is 3. The molecule has 4 nitrogen and oxygen atoms in total. The van der Waals surface area contributed by atoms with Crippen LogP contribution in [0.25, 0.3) is 11.3 Å². The number of anilines is 1. The van der Waals surface area contributed by atoms with E-state index in [1.807, 2.05) is 19.2 Å². The molecule has 0 fully saturated rings. The molecule has 2 rings (SSSR count). The third kappa shape index (κ3) is 1.38. The van der Waals surface area contributed by atoms with Crippen molar-refractivity contribution in [2.45, 2.75) is 0 Å². The second-order valence-corrected chi connectivity index (χ2v) is 2.85. The molecule has 0 atom stereocenters. The van der Waals surface area contributed by atoms with Crippen molar-refractivity contribution < 1.29 is 0 Å². The van der Waals surface area contributed by atoms with Gasteiger partial charge in [-0.3, -0.25) is 9.67 Å². The summed E-state index contributed by atoms with van der Waals surface area (Å²) >= 11 is 0.